The molecule has 102 valence electrons. The zero-order chi connectivity index (χ0) is 13.7. The second-order valence-electron chi connectivity index (χ2n) is 4.15. The largest absolute Gasteiger partial charge is 0.494 e. The monoisotopic (exact) mass is 340 g/mol. The van der Waals surface area contributed by atoms with Crippen molar-refractivity contribution in [3.8, 4) is 5.75 Å². The molecule has 1 heterocycles. The summed E-state index contributed by atoms with van der Waals surface area (Å²) in [5, 5.41) is 2.04. The Morgan fingerprint density at radius 1 is 1.32 bits per heavy atom. The molecule has 0 amide bonds. The summed E-state index contributed by atoms with van der Waals surface area (Å²) < 4.78 is 6.66. The average Bonchev–Trinajstić information content (AvgIpc) is 2.85. The van der Waals surface area contributed by atoms with E-state index in [0.29, 0.717) is 0 Å². The third-order valence-electron chi connectivity index (χ3n) is 2.76. The van der Waals surface area contributed by atoms with Crippen molar-refractivity contribution in [3.05, 3.63) is 50.6 Å². The van der Waals surface area contributed by atoms with Crippen LogP contribution in [0.4, 0.5) is 0 Å². The van der Waals surface area contributed by atoms with E-state index in [1.807, 2.05) is 35.7 Å². The van der Waals surface area contributed by atoms with Gasteiger partial charge in [0.05, 0.1) is 12.6 Å². The summed E-state index contributed by atoms with van der Waals surface area (Å²) in [6.07, 6.45) is 1.01. The van der Waals surface area contributed by atoms with Crippen LogP contribution in [0.25, 0.3) is 0 Å². The van der Waals surface area contributed by atoms with Crippen molar-refractivity contribution >= 4 is 27.3 Å². The van der Waals surface area contributed by atoms with Crippen LogP contribution in [-0.2, 0) is 0 Å². The van der Waals surface area contributed by atoms with Gasteiger partial charge < -0.3 is 4.74 Å². The lowest BCUT2D eigenvalue weighted by molar-refractivity contribution is 0.317. The van der Waals surface area contributed by atoms with Gasteiger partial charge in [0.1, 0.15) is 5.75 Å². The number of ether oxygens (including phenoxy) is 1. The van der Waals surface area contributed by atoms with E-state index in [4.69, 9.17) is 10.6 Å². The molecule has 0 saturated carbocycles. The smallest absolute Gasteiger partial charge is 0.119 e. The third-order valence-corrected chi connectivity index (χ3v) is 4.70. The van der Waals surface area contributed by atoms with E-state index in [1.165, 1.54) is 4.88 Å². The molecule has 19 heavy (non-hydrogen) atoms. The first-order chi connectivity index (χ1) is 9.26. The number of nitrogens with one attached hydrogen (secondary N) is 1. The number of halogens is 1. The third kappa shape index (κ3) is 3.57. The van der Waals surface area contributed by atoms with Crippen LogP contribution < -0.4 is 16.0 Å². The standard InChI is InChI=1S/C14H17BrN2OS/c1-2-8-18-11-5-3-10(4-6-11)13(17-16)14-12(15)7-9-19-14/h3-7,9,13,17H,2,8,16H2,1H3. The Morgan fingerprint density at radius 3 is 2.58 bits per heavy atom. The van der Waals surface area contributed by atoms with Crippen LogP contribution in [0, 0.1) is 0 Å². The summed E-state index contributed by atoms with van der Waals surface area (Å²) in [5.41, 5.74) is 3.98. The molecule has 1 aromatic heterocycles. The van der Waals surface area contributed by atoms with Crippen molar-refractivity contribution in [1.29, 1.82) is 0 Å². The quantitative estimate of drug-likeness (QED) is 0.620. The maximum atomic E-state index is 5.69. The van der Waals surface area contributed by atoms with Crippen LogP contribution >= 0.6 is 27.3 Å². The highest BCUT2D eigenvalue weighted by Crippen LogP contribution is 2.33. The highest BCUT2D eigenvalue weighted by molar-refractivity contribution is 9.10. The van der Waals surface area contributed by atoms with Gasteiger partial charge in [0, 0.05) is 9.35 Å². The van der Waals surface area contributed by atoms with Gasteiger partial charge in [-0.1, -0.05) is 19.1 Å². The van der Waals surface area contributed by atoms with Crippen LogP contribution in [0.3, 0.4) is 0 Å². The Bertz CT molecular complexity index is 512. The lowest BCUT2D eigenvalue weighted by Crippen LogP contribution is -2.28. The van der Waals surface area contributed by atoms with Crippen molar-refractivity contribution in [3.63, 3.8) is 0 Å². The van der Waals surface area contributed by atoms with Crippen LogP contribution in [-0.4, -0.2) is 6.61 Å². The normalized spacial score (nSPS) is 12.4. The molecule has 1 aromatic carbocycles. The molecule has 0 fully saturated rings. The highest BCUT2D eigenvalue weighted by atomic mass is 79.9. The van der Waals surface area contributed by atoms with E-state index >= 15 is 0 Å². The summed E-state index contributed by atoms with van der Waals surface area (Å²) in [4.78, 5) is 1.17. The number of hydrogen-bond donors (Lipinski definition) is 2. The summed E-state index contributed by atoms with van der Waals surface area (Å²) in [6, 6.07) is 10.1. The fourth-order valence-corrected chi connectivity index (χ4v) is 3.50. The SMILES string of the molecule is CCCOc1ccc(C(NN)c2sccc2Br)cc1. The topological polar surface area (TPSA) is 47.3 Å². The molecule has 0 radical (unpaired) electrons. The predicted molar refractivity (Wildman–Crippen MR) is 83.4 cm³/mol. The Kier molecular flexibility index (Phi) is 5.39. The lowest BCUT2D eigenvalue weighted by atomic mass is 10.1. The summed E-state index contributed by atoms with van der Waals surface area (Å²) >= 11 is 5.22. The maximum Gasteiger partial charge on any atom is 0.119 e. The lowest BCUT2D eigenvalue weighted by Gasteiger charge is -2.16. The fourth-order valence-electron chi connectivity index (χ4n) is 1.81. The first-order valence-corrected chi connectivity index (χ1v) is 7.85. The van der Waals surface area contributed by atoms with Crippen molar-refractivity contribution in [2.24, 2.45) is 5.84 Å². The van der Waals surface area contributed by atoms with Gasteiger partial charge in [-0.3, -0.25) is 5.84 Å². The molecule has 0 aliphatic carbocycles. The Hall–Kier alpha value is -0.880. The molecule has 0 bridgehead atoms. The minimum Gasteiger partial charge on any atom is -0.494 e. The van der Waals surface area contributed by atoms with Crippen LogP contribution in [0.1, 0.15) is 29.8 Å². The van der Waals surface area contributed by atoms with Crippen LogP contribution in [0.15, 0.2) is 40.2 Å². The molecule has 3 N–H and O–H groups in total. The van der Waals surface area contributed by atoms with Gasteiger partial charge in [-0.25, -0.2) is 5.43 Å². The zero-order valence-electron chi connectivity index (χ0n) is 10.7. The van der Waals surface area contributed by atoms with E-state index in [-0.39, 0.29) is 6.04 Å². The van der Waals surface area contributed by atoms with E-state index in [9.17, 15) is 0 Å². The van der Waals surface area contributed by atoms with Gasteiger partial charge in [0.2, 0.25) is 0 Å². The van der Waals surface area contributed by atoms with E-state index in [1.54, 1.807) is 11.3 Å². The van der Waals surface area contributed by atoms with Crippen molar-refractivity contribution in [1.82, 2.24) is 5.43 Å². The molecule has 2 rings (SSSR count). The molecule has 5 heteroatoms. The molecule has 0 aliphatic rings. The minimum atomic E-state index is -0.00500. The van der Waals surface area contributed by atoms with Crippen molar-refractivity contribution in [2.75, 3.05) is 6.61 Å². The molecular formula is C14H17BrN2OS. The Morgan fingerprint density at radius 2 is 2.05 bits per heavy atom. The summed E-state index contributed by atoms with van der Waals surface area (Å²) in [6.45, 7) is 2.84. The molecule has 3 nitrogen and oxygen atoms in total. The van der Waals surface area contributed by atoms with E-state index in [2.05, 4.69) is 28.3 Å². The molecular weight excluding hydrogens is 324 g/mol. The van der Waals surface area contributed by atoms with Gasteiger partial charge in [-0.2, -0.15) is 0 Å². The molecule has 0 aliphatic heterocycles. The molecule has 2 aromatic rings. The van der Waals surface area contributed by atoms with Gasteiger partial charge in [0.25, 0.3) is 0 Å². The Balaban J connectivity index is 2.18. The number of rotatable bonds is 6. The molecule has 1 atom stereocenters. The summed E-state index contributed by atoms with van der Waals surface area (Å²) in [5.74, 6) is 6.58. The van der Waals surface area contributed by atoms with Gasteiger partial charge >= 0.3 is 0 Å². The number of thiophene rings is 1. The first-order valence-electron chi connectivity index (χ1n) is 6.18. The van der Waals surface area contributed by atoms with E-state index < -0.39 is 0 Å². The van der Waals surface area contributed by atoms with E-state index in [0.717, 1.165) is 28.8 Å². The second-order valence-corrected chi connectivity index (χ2v) is 5.95. The minimum absolute atomic E-state index is 0.00500. The predicted octanol–water partition coefficient (Wildman–Crippen LogP) is 3.85. The number of nitrogens with two attached hydrogens (primary N) is 1. The zero-order valence-corrected chi connectivity index (χ0v) is 13.1. The number of hydrogen-bond acceptors (Lipinski definition) is 4. The average molecular weight is 341 g/mol. The first kappa shape index (κ1) is 14.5. The van der Waals surface area contributed by atoms with Gasteiger partial charge in [-0.15, -0.1) is 11.3 Å². The van der Waals surface area contributed by atoms with Crippen molar-refractivity contribution in [2.45, 2.75) is 19.4 Å². The van der Waals surface area contributed by atoms with Crippen LogP contribution in [0.2, 0.25) is 0 Å². The fraction of sp³-hybridized carbons (Fsp3) is 0.286. The molecule has 1 unspecified atom stereocenters. The van der Waals surface area contributed by atoms with Gasteiger partial charge in [0.15, 0.2) is 0 Å². The highest BCUT2D eigenvalue weighted by Gasteiger charge is 2.16. The number of benzene rings is 1. The van der Waals surface area contributed by atoms with Crippen molar-refractivity contribution < 1.29 is 4.74 Å². The van der Waals surface area contributed by atoms with Crippen LogP contribution in [0.5, 0.6) is 5.75 Å². The maximum absolute atomic E-state index is 5.69. The summed E-state index contributed by atoms with van der Waals surface area (Å²) in [7, 11) is 0. The molecule has 0 saturated heterocycles. The Labute approximate surface area is 125 Å². The second kappa shape index (κ2) is 7.05. The van der Waals surface area contributed by atoms with Gasteiger partial charge in [-0.05, 0) is 51.5 Å². The molecule has 0 spiro atoms. The number of hydrazine groups is 1.